The minimum absolute atomic E-state index is 0.0115. The molecule has 2 rings (SSSR count). The molecule has 1 aliphatic heterocycles. The molecule has 0 saturated carbocycles. The summed E-state index contributed by atoms with van der Waals surface area (Å²) in [5.74, 6) is -1.07. The van der Waals surface area contributed by atoms with Crippen LogP contribution in [0.1, 0.15) is 43.0 Å². The predicted octanol–water partition coefficient (Wildman–Crippen LogP) is 1.80. The first-order valence-electron chi connectivity index (χ1n) is 8.35. The number of ketones is 1. The second-order valence-electron chi connectivity index (χ2n) is 6.03. The maximum absolute atomic E-state index is 12.2. The van der Waals surface area contributed by atoms with E-state index < -0.39 is 17.4 Å². The number of carboxylic acid groups (broad SMARTS) is 1. The molecule has 1 fully saturated rings. The highest BCUT2D eigenvalue weighted by Crippen LogP contribution is 2.19. The third-order valence-corrected chi connectivity index (χ3v) is 4.04. The van der Waals surface area contributed by atoms with Gasteiger partial charge in [-0.15, -0.1) is 0 Å². The van der Waals surface area contributed by atoms with E-state index in [4.69, 9.17) is 9.47 Å². The number of benzene rings is 1. The zero-order valence-corrected chi connectivity index (χ0v) is 14.2. The fourth-order valence-electron chi connectivity index (χ4n) is 2.54. The smallest absolute Gasteiger partial charge is 0.331 e. The molecule has 0 spiro atoms. The monoisotopic (exact) mass is 349 g/mol. The van der Waals surface area contributed by atoms with Crippen LogP contribution in [0.15, 0.2) is 24.3 Å². The number of hydrogen-bond acceptors (Lipinski definition) is 5. The summed E-state index contributed by atoms with van der Waals surface area (Å²) in [6, 6.07) is 6.76. The van der Waals surface area contributed by atoms with Crippen LogP contribution in [0.3, 0.4) is 0 Å². The number of nitrogens with one attached hydrogen (secondary N) is 1. The van der Waals surface area contributed by atoms with Crippen molar-refractivity contribution in [3.05, 3.63) is 29.8 Å². The molecule has 0 aliphatic carbocycles. The van der Waals surface area contributed by atoms with Crippen molar-refractivity contribution in [2.45, 2.75) is 38.1 Å². The molecule has 1 aliphatic rings. The van der Waals surface area contributed by atoms with E-state index in [9.17, 15) is 19.5 Å². The molecular formula is C18H23NO6. The minimum atomic E-state index is -1.38. The number of carbonyl (C=O) groups is 3. The Morgan fingerprint density at radius 3 is 2.52 bits per heavy atom. The Morgan fingerprint density at radius 1 is 1.24 bits per heavy atom. The third-order valence-electron chi connectivity index (χ3n) is 4.04. The predicted molar refractivity (Wildman–Crippen MR) is 89.7 cm³/mol. The second kappa shape index (κ2) is 8.62. The van der Waals surface area contributed by atoms with Crippen molar-refractivity contribution in [1.82, 2.24) is 5.32 Å². The molecule has 1 saturated heterocycles. The van der Waals surface area contributed by atoms with Crippen molar-refractivity contribution in [2.75, 3.05) is 19.8 Å². The largest absolute Gasteiger partial charge is 0.494 e. The first-order valence-corrected chi connectivity index (χ1v) is 8.35. The van der Waals surface area contributed by atoms with Crippen LogP contribution in [-0.4, -0.2) is 48.1 Å². The van der Waals surface area contributed by atoms with Gasteiger partial charge in [-0.25, -0.2) is 4.79 Å². The van der Waals surface area contributed by atoms with Gasteiger partial charge in [-0.1, -0.05) is 6.92 Å². The van der Waals surface area contributed by atoms with Crippen LogP contribution >= 0.6 is 0 Å². The summed E-state index contributed by atoms with van der Waals surface area (Å²) in [7, 11) is 0. The van der Waals surface area contributed by atoms with Crippen LogP contribution in [0.25, 0.3) is 0 Å². The topological polar surface area (TPSA) is 102 Å². The van der Waals surface area contributed by atoms with Gasteiger partial charge in [-0.2, -0.15) is 0 Å². The van der Waals surface area contributed by atoms with E-state index in [0.29, 0.717) is 17.9 Å². The van der Waals surface area contributed by atoms with Gasteiger partial charge in [-0.05, 0) is 30.7 Å². The maximum atomic E-state index is 12.2. The van der Waals surface area contributed by atoms with Crippen LogP contribution in [-0.2, 0) is 14.3 Å². The van der Waals surface area contributed by atoms with Gasteiger partial charge in [0.1, 0.15) is 5.75 Å². The van der Waals surface area contributed by atoms with Gasteiger partial charge in [0.25, 0.3) is 0 Å². The number of hydrogen-bond donors (Lipinski definition) is 2. The molecule has 1 heterocycles. The Morgan fingerprint density at radius 2 is 1.96 bits per heavy atom. The summed E-state index contributed by atoms with van der Waals surface area (Å²) >= 11 is 0. The number of aliphatic carboxylic acids is 1. The Bertz CT molecular complexity index is 619. The molecule has 1 aromatic rings. The molecule has 1 unspecified atom stereocenters. The molecule has 1 aromatic carbocycles. The van der Waals surface area contributed by atoms with Crippen LogP contribution in [0.4, 0.5) is 0 Å². The van der Waals surface area contributed by atoms with E-state index in [1.54, 1.807) is 24.3 Å². The summed E-state index contributed by atoms with van der Waals surface area (Å²) in [6.07, 6.45) is 1.07. The van der Waals surface area contributed by atoms with Crippen LogP contribution < -0.4 is 10.1 Å². The van der Waals surface area contributed by atoms with E-state index in [-0.39, 0.29) is 38.3 Å². The van der Waals surface area contributed by atoms with Crippen molar-refractivity contribution in [3.63, 3.8) is 0 Å². The fourth-order valence-corrected chi connectivity index (χ4v) is 2.54. The summed E-state index contributed by atoms with van der Waals surface area (Å²) in [4.78, 5) is 35.5. The number of carbonyl (C=O) groups excluding carboxylic acids is 2. The molecule has 1 atom stereocenters. The Labute approximate surface area is 146 Å². The van der Waals surface area contributed by atoms with Gasteiger partial charge in [0, 0.05) is 31.4 Å². The van der Waals surface area contributed by atoms with Crippen LogP contribution in [0.2, 0.25) is 0 Å². The number of rotatable bonds is 9. The molecule has 1 amide bonds. The summed E-state index contributed by atoms with van der Waals surface area (Å²) < 4.78 is 10.5. The minimum Gasteiger partial charge on any atom is -0.494 e. The van der Waals surface area contributed by atoms with Gasteiger partial charge in [0.05, 0.1) is 13.2 Å². The number of amides is 1. The second-order valence-corrected chi connectivity index (χ2v) is 6.03. The van der Waals surface area contributed by atoms with Crippen LogP contribution in [0.5, 0.6) is 5.75 Å². The van der Waals surface area contributed by atoms with E-state index in [1.165, 1.54) is 0 Å². The Balaban J connectivity index is 1.84. The number of carboxylic acids is 1. The zero-order chi connectivity index (χ0) is 18.3. The van der Waals surface area contributed by atoms with Gasteiger partial charge in [-0.3, -0.25) is 9.59 Å². The highest BCUT2D eigenvalue weighted by atomic mass is 16.5. The lowest BCUT2D eigenvalue weighted by molar-refractivity contribution is -0.147. The third kappa shape index (κ3) is 5.03. The molecule has 0 radical (unpaired) electrons. The molecule has 25 heavy (non-hydrogen) atoms. The maximum Gasteiger partial charge on any atom is 0.331 e. The van der Waals surface area contributed by atoms with Gasteiger partial charge in [0.2, 0.25) is 5.91 Å². The molecular weight excluding hydrogens is 326 g/mol. The first-order chi connectivity index (χ1) is 12.0. The highest BCUT2D eigenvalue weighted by molar-refractivity contribution is 5.98. The lowest BCUT2D eigenvalue weighted by Gasteiger charge is -2.23. The van der Waals surface area contributed by atoms with Crippen molar-refractivity contribution in [2.24, 2.45) is 0 Å². The summed E-state index contributed by atoms with van der Waals surface area (Å²) in [6.45, 7) is 2.86. The Hall–Kier alpha value is -2.41. The fraction of sp³-hybridized carbons (Fsp3) is 0.500. The molecule has 136 valence electrons. The standard InChI is InChI=1S/C18H23NO6/c1-2-10-25-14-5-3-13(4-6-14)15(20)7-8-16(21)19-18(17(22)23)9-11-24-12-18/h3-6H,2,7-12H2,1H3,(H,19,21)(H,22,23). The SMILES string of the molecule is CCCOc1ccc(C(=O)CCC(=O)NC2(C(=O)O)CCOC2)cc1. The van der Waals surface area contributed by atoms with Crippen molar-refractivity contribution >= 4 is 17.7 Å². The lowest BCUT2D eigenvalue weighted by Crippen LogP contribution is -2.55. The molecule has 0 aromatic heterocycles. The van der Waals surface area contributed by atoms with E-state index in [0.717, 1.165) is 6.42 Å². The quantitative estimate of drug-likeness (QED) is 0.659. The number of Topliss-reactive ketones (excluding diaryl/α,β-unsaturated/α-hetero) is 1. The average molecular weight is 349 g/mol. The van der Waals surface area contributed by atoms with E-state index in [1.807, 2.05) is 6.92 Å². The zero-order valence-electron chi connectivity index (χ0n) is 14.2. The van der Waals surface area contributed by atoms with E-state index >= 15 is 0 Å². The lowest BCUT2D eigenvalue weighted by atomic mass is 9.98. The van der Waals surface area contributed by atoms with E-state index in [2.05, 4.69) is 5.32 Å². The number of ether oxygens (including phenoxy) is 2. The molecule has 7 nitrogen and oxygen atoms in total. The van der Waals surface area contributed by atoms with Gasteiger partial charge >= 0.3 is 5.97 Å². The highest BCUT2D eigenvalue weighted by Gasteiger charge is 2.43. The summed E-state index contributed by atoms with van der Waals surface area (Å²) in [5, 5.41) is 11.8. The normalized spacial score (nSPS) is 19.4. The van der Waals surface area contributed by atoms with Crippen molar-refractivity contribution in [1.29, 1.82) is 0 Å². The van der Waals surface area contributed by atoms with Crippen molar-refractivity contribution < 1.29 is 29.0 Å². The molecule has 7 heteroatoms. The Kier molecular flexibility index (Phi) is 6.52. The summed E-state index contributed by atoms with van der Waals surface area (Å²) in [5.41, 5.74) is -0.882. The first kappa shape index (κ1) is 18.9. The van der Waals surface area contributed by atoms with Crippen LogP contribution in [0, 0.1) is 0 Å². The molecule has 0 bridgehead atoms. The average Bonchev–Trinajstić information content (AvgIpc) is 3.08. The molecule has 2 N–H and O–H groups in total. The van der Waals surface area contributed by atoms with Crippen molar-refractivity contribution in [3.8, 4) is 5.75 Å². The van der Waals surface area contributed by atoms with Gasteiger partial charge in [0.15, 0.2) is 11.3 Å². The van der Waals surface area contributed by atoms with Gasteiger partial charge < -0.3 is 19.9 Å².